The number of aromatic amines is 1. The molecule has 0 aliphatic rings. The van der Waals surface area contributed by atoms with E-state index >= 15 is 0 Å². The fraction of sp³-hybridized carbons (Fsp3) is 0.429. The molecule has 0 aliphatic heterocycles. The van der Waals surface area contributed by atoms with Crippen LogP contribution in [0.4, 0.5) is 0 Å². The molecular formula is C14H19N3O3. The highest BCUT2D eigenvalue weighted by molar-refractivity contribution is 5.30. The van der Waals surface area contributed by atoms with Crippen molar-refractivity contribution in [2.45, 2.75) is 26.9 Å². The molecule has 0 aromatic carbocycles. The molecule has 2 rings (SSSR count). The molecule has 108 valence electrons. The third-order valence-corrected chi connectivity index (χ3v) is 3.21. The summed E-state index contributed by atoms with van der Waals surface area (Å²) in [7, 11) is 3.43. The number of methoxy groups -OCH3 is 1. The molecule has 0 atom stereocenters. The lowest BCUT2D eigenvalue weighted by atomic mass is 10.2. The van der Waals surface area contributed by atoms with Crippen LogP contribution in [0, 0.1) is 13.8 Å². The van der Waals surface area contributed by atoms with Gasteiger partial charge in [-0.1, -0.05) is 5.16 Å². The van der Waals surface area contributed by atoms with Gasteiger partial charge in [0.25, 0.3) is 0 Å². The lowest BCUT2D eigenvalue weighted by molar-refractivity contribution is 0.301. The highest BCUT2D eigenvalue weighted by Crippen LogP contribution is 2.12. The van der Waals surface area contributed by atoms with Gasteiger partial charge < -0.3 is 14.2 Å². The molecule has 0 saturated carbocycles. The van der Waals surface area contributed by atoms with E-state index < -0.39 is 0 Å². The predicted octanol–water partition coefficient (Wildman–Crippen LogP) is 1.62. The van der Waals surface area contributed by atoms with Crippen LogP contribution < -0.4 is 10.2 Å². The number of nitrogens with one attached hydrogen (secondary N) is 1. The first-order valence-electron chi connectivity index (χ1n) is 6.36. The largest absolute Gasteiger partial charge is 0.491 e. The van der Waals surface area contributed by atoms with Gasteiger partial charge in [0, 0.05) is 30.4 Å². The van der Waals surface area contributed by atoms with E-state index in [0.717, 1.165) is 17.0 Å². The monoisotopic (exact) mass is 277 g/mol. The quantitative estimate of drug-likeness (QED) is 0.899. The first-order valence-corrected chi connectivity index (χ1v) is 6.36. The summed E-state index contributed by atoms with van der Waals surface area (Å²) in [5.41, 5.74) is 3.20. The average molecular weight is 277 g/mol. The molecule has 2 aromatic rings. The second-order valence-electron chi connectivity index (χ2n) is 4.92. The number of aromatic nitrogens is 2. The number of aryl methyl sites for hydroxylation is 2. The summed E-state index contributed by atoms with van der Waals surface area (Å²) in [6.07, 6.45) is 3.34. The molecule has 2 aromatic heterocycles. The summed E-state index contributed by atoms with van der Waals surface area (Å²) in [5.74, 6) is 0.369. The minimum atomic E-state index is -0.0764. The van der Waals surface area contributed by atoms with Crippen LogP contribution >= 0.6 is 0 Å². The zero-order valence-electron chi connectivity index (χ0n) is 12.2. The van der Waals surface area contributed by atoms with Crippen LogP contribution in [0.3, 0.4) is 0 Å². The standard InChI is InChI=1S/C14H19N3O3/c1-9-8-20-16-12(9)7-17(3)6-11-5-15-10(2)14(19-4)13(11)18/h5,8H,6-7H2,1-4H3,(H,15,18). The number of pyridine rings is 1. The Balaban J connectivity index is 2.14. The molecule has 0 fully saturated rings. The smallest absolute Gasteiger partial charge is 0.228 e. The van der Waals surface area contributed by atoms with Crippen LogP contribution in [-0.2, 0) is 13.1 Å². The van der Waals surface area contributed by atoms with Crippen molar-refractivity contribution in [3.63, 3.8) is 0 Å². The molecule has 20 heavy (non-hydrogen) atoms. The van der Waals surface area contributed by atoms with Gasteiger partial charge in [-0.25, -0.2) is 0 Å². The molecule has 0 spiro atoms. The summed E-state index contributed by atoms with van der Waals surface area (Å²) in [5, 5.41) is 3.94. The molecule has 0 aliphatic carbocycles. The van der Waals surface area contributed by atoms with E-state index in [4.69, 9.17) is 9.26 Å². The van der Waals surface area contributed by atoms with Crippen molar-refractivity contribution in [3.05, 3.63) is 45.2 Å². The van der Waals surface area contributed by atoms with Crippen molar-refractivity contribution in [1.82, 2.24) is 15.0 Å². The topological polar surface area (TPSA) is 71.4 Å². The molecule has 6 heteroatoms. The molecule has 0 radical (unpaired) electrons. The minimum absolute atomic E-state index is 0.0764. The van der Waals surface area contributed by atoms with Crippen LogP contribution in [0.15, 0.2) is 21.8 Å². The van der Waals surface area contributed by atoms with Gasteiger partial charge in [0.2, 0.25) is 5.43 Å². The van der Waals surface area contributed by atoms with Crippen LogP contribution in [0.25, 0.3) is 0 Å². The maximum Gasteiger partial charge on any atom is 0.228 e. The molecule has 2 heterocycles. The highest BCUT2D eigenvalue weighted by atomic mass is 16.5. The molecule has 0 unspecified atom stereocenters. The van der Waals surface area contributed by atoms with Gasteiger partial charge in [-0.15, -0.1) is 0 Å². The summed E-state index contributed by atoms with van der Waals surface area (Å²) < 4.78 is 10.0. The first kappa shape index (κ1) is 14.3. The van der Waals surface area contributed by atoms with E-state index in [0.29, 0.717) is 24.4 Å². The normalized spacial score (nSPS) is 11.1. The lowest BCUT2D eigenvalue weighted by Crippen LogP contribution is -2.23. The van der Waals surface area contributed by atoms with Crippen molar-refractivity contribution in [3.8, 4) is 5.75 Å². The van der Waals surface area contributed by atoms with E-state index in [9.17, 15) is 4.79 Å². The van der Waals surface area contributed by atoms with Crippen molar-refractivity contribution in [2.24, 2.45) is 0 Å². The maximum absolute atomic E-state index is 12.2. The Kier molecular flexibility index (Phi) is 4.24. The summed E-state index contributed by atoms with van der Waals surface area (Å²) in [4.78, 5) is 17.3. The Labute approximate surface area is 117 Å². The summed E-state index contributed by atoms with van der Waals surface area (Å²) in [6, 6.07) is 0. The van der Waals surface area contributed by atoms with Gasteiger partial charge in [-0.05, 0) is 20.9 Å². The number of H-pyrrole nitrogens is 1. The third kappa shape index (κ3) is 2.91. The fourth-order valence-corrected chi connectivity index (χ4v) is 2.07. The number of ether oxygens (including phenoxy) is 1. The number of hydrogen-bond acceptors (Lipinski definition) is 5. The second-order valence-corrected chi connectivity index (χ2v) is 4.92. The Morgan fingerprint density at radius 1 is 1.40 bits per heavy atom. The third-order valence-electron chi connectivity index (χ3n) is 3.21. The zero-order chi connectivity index (χ0) is 14.7. The number of hydrogen-bond donors (Lipinski definition) is 1. The van der Waals surface area contributed by atoms with Gasteiger partial charge in [0.1, 0.15) is 12.0 Å². The zero-order valence-corrected chi connectivity index (χ0v) is 12.2. The van der Waals surface area contributed by atoms with E-state index in [2.05, 4.69) is 10.1 Å². The van der Waals surface area contributed by atoms with E-state index in [1.165, 1.54) is 7.11 Å². The fourth-order valence-electron chi connectivity index (χ4n) is 2.07. The van der Waals surface area contributed by atoms with Gasteiger partial charge in [0.15, 0.2) is 5.75 Å². The lowest BCUT2D eigenvalue weighted by Gasteiger charge is -2.16. The SMILES string of the molecule is COc1c(C)[nH]cc(CN(C)Cc2nocc2C)c1=O. The van der Waals surface area contributed by atoms with Gasteiger partial charge >= 0.3 is 0 Å². The molecule has 1 N–H and O–H groups in total. The van der Waals surface area contributed by atoms with Crippen molar-refractivity contribution in [2.75, 3.05) is 14.2 Å². The molecule has 0 bridgehead atoms. The Bertz CT molecular complexity index is 645. The summed E-state index contributed by atoms with van der Waals surface area (Å²) in [6.45, 7) is 4.89. The van der Waals surface area contributed by atoms with Crippen LogP contribution in [0.2, 0.25) is 0 Å². The Morgan fingerprint density at radius 2 is 2.15 bits per heavy atom. The van der Waals surface area contributed by atoms with Gasteiger partial charge in [-0.2, -0.15) is 0 Å². The van der Waals surface area contributed by atoms with E-state index in [-0.39, 0.29) is 5.43 Å². The van der Waals surface area contributed by atoms with Gasteiger partial charge in [0.05, 0.1) is 12.8 Å². The van der Waals surface area contributed by atoms with Crippen LogP contribution in [0.5, 0.6) is 5.75 Å². The van der Waals surface area contributed by atoms with E-state index in [1.54, 1.807) is 12.5 Å². The molecule has 0 saturated heterocycles. The minimum Gasteiger partial charge on any atom is -0.491 e. The maximum atomic E-state index is 12.2. The van der Waals surface area contributed by atoms with E-state index in [1.807, 2.05) is 25.8 Å². The molecule has 0 amide bonds. The second kappa shape index (κ2) is 5.92. The van der Waals surface area contributed by atoms with Crippen molar-refractivity contribution >= 4 is 0 Å². The summed E-state index contributed by atoms with van der Waals surface area (Å²) >= 11 is 0. The first-order chi connectivity index (χ1) is 9.52. The molecular weight excluding hydrogens is 258 g/mol. The van der Waals surface area contributed by atoms with Gasteiger partial charge in [-0.3, -0.25) is 9.69 Å². The van der Waals surface area contributed by atoms with Crippen LogP contribution in [0.1, 0.15) is 22.5 Å². The van der Waals surface area contributed by atoms with Crippen molar-refractivity contribution < 1.29 is 9.26 Å². The Hall–Kier alpha value is -2.08. The van der Waals surface area contributed by atoms with Crippen LogP contribution in [-0.4, -0.2) is 29.2 Å². The average Bonchev–Trinajstić information content (AvgIpc) is 2.79. The predicted molar refractivity (Wildman–Crippen MR) is 74.8 cm³/mol. The number of rotatable bonds is 5. The Morgan fingerprint density at radius 3 is 2.75 bits per heavy atom. The van der Waals surface area contributed by atoms with Crippen molar-refractivity contribution in [1.29, 1.82) is 0 Å². The molecule has 6 nitrogen and oxygen atoms in total. The number of nitrogens with zero attached hydrogens (tertiary/aromatic N) is 2. The highest BCUT2D eigenvalue weighted by Gasteiger charge is 2.13.